The summed E-state index contributed by atoms with van der Waals surface area (Å²) in [6, 6.07) is 0. The molecular formula is C14H26O2. The number of carbonyl (C=O) groups excluding carboxylic acids is 1. The van der Waals surface area contributed by atoms with Gasteiger partial charge in [-0.15, -0.1) is 0 Å². The van der Waals surface area contributed by atoms with Crippen LogP contribution in [0.4, 0.5) is 0 Å². The Morgan fingerprint density at radius 3 is 1.94 bits per heavy atom. The van der Waals surface area contributed by atoms with Gasteiger partial charge < -0.3 is 5.11 Å². The molecule has 0 radical (unpaired) electrons. The maximum Gasteiger partial charge on any atom is 0.135 e. The fourth-order valence-corrected chi connectivity index (χ4v) is 2.41. The zero-order valence-corrected chi connectivity index (χ0v) is 10.4. The van der Waals surface area contributed by atoms with Gasteiger partial charge in [-0.3, -0.25) is 4.79 Å². The van der Waals surface area contributed by atoms with Crippen molar-refractivity contribution in [3.8, 4) is 0 Å². The standard InChI is InChI=1S/C14H26O2/c15-13-10-8-6-4-2-1-3-5-7-9-11-14(16)12-13/h13,15H,1-12H2. The molecule has 0 aromatic carbocycles. The van der Waals surface area contributed by atoms with Crippen LogP contribution in [-0.2, 0) is 4.79 Å². The Bertz CT molecular complexity index is 189. The first-order chi connectivity index (χ1) is 7.79. The summed E-state index contributed by atoms with van der Waals surface area (Å²) >= 11 is 0. The van der Waals surface area contributed by atoms with Crippen LogP contribution in [0.15, 0.2) is 0 Å². The van der Waals surface area contributed by atoms with Crippen LogP contribution in [0.3, 0.4) is 0 Å². The van der Waals surface area contributed by atoms with E-state index in [1.807, 2.05) is 0 Å². The summed E-state index contributed by atoms with van der Waals surface area (Å²) in [5.41, 5.74) is 0. The van der Waals surface area contributed by atoms with E-state index in [9.17, 15) is 9.90 Å². The predicted molar refractivity (Wildman–Crippen MR) is 66.4 cm³/mol. The number of carbonyl (C=O) groups is 1. The molecule has 2 heteroatoms. The van der Waals surface area contributed by atoms with E-state index < -0.39 is 0 Å². The maximum absolute atomic E-state index is 11.5. The summed E-state index contributed by atoms with van der Waals surface area (Å²) in [6.07, 6.45) is 12.6. The van der Waals surface area contributed by atoms with Gasteiger partial charge in [-0.05, 0) is 12.8 Å². The summed E-state index contributed by atoms with van der Waals surface area (Å²) in [5, 5.41) is 9.67. The van der Waals surface area contributed by atoms with E-state index >= 15 is 0 Å². The number of aliphatic hydroxyl groups excluding tert-OH is 1. The van der Waals surface area contributed by atoms with E-state index in [1.54, 1.807) is 0 Å². The van der Waals surface area contributed by atoms with Crippen molar-refractivity contribution in [2.24, 2.45) is 0 Å². The van der Waals surface area contributed by atoms with Crippen molar-refractivity contribution in [3.63, 3.8) is 0 Å². The first-order valence-corrected chi connectivity index (χ1v) is 6.99. The van der Waals surface area contributed by atoms with Crippen molar-refractivity contribution in [1.29, 1.82) is 0 Å². The molecule has 94 valence electrons. The molecule has 16 heavy (non-hydrogen) atoms. The molecule has 1 aliphatic rings. The Hall–Kier alpha value is -0.370. The molecule has 1 unspecified atom stereocenters. The number of Topliss-reactive ketones (excluding diaryl/α,β-unsaturated/α-hetero) is 1. The highest BCUT2D eigenvalue weighted by atomic mass is 16.3. The van der Waals surface area contributed by atoms with Gasteiger partial charge in [0.15, 0.2) is 0 Å². The quantitative estimate of drug-likeness (QED) is 0.685. The average molecular weight is 226 g/mol. The van der Waals surface area contributed by atoms with Crippen LogP contribution in [0.5, 0.6) is 0 Å². The fourth-order valence-electron chi connectivity index (χ4n) is 2.41. The Labute approximate surface area is 99.4 Å². The number of ketones is 1. The summed E-state index contributed by atoms with van der Waals surface area (Å²) in [5.74, 6) is 0.254. The van der Waals surface area contributed by atoms with Gasteiger partial charge in [0, 0.05) is 12.8 Å². The molecule has 1 atom stereocenters. The first kappa shape index (κ1) is 13.7. The van der Waals surface area contributed by atoms with Gasteiger partial charge in [-0.25, -0.2) is 0 Å². The molecule has 0 spiro atoms. The van der Waals surface area contributed by atoms with E-state index in [0.29, 0.717) is 12.8 Å². The molecule has 2 nitrogen and oxygen atoms in total. The summed E-state index contributed by atoms with van der Waals surface area (Å²) in [4.78, 5) is 11.5. The summed E-state index contributed by atoms with van der Waals surface area (Å²) in [6.45, 7) is 0. The van der Waals surface area contributed by atoms with E-state index in [4.69, 9.17) is 0 Å². The highest BCUT2D eigenvalue weighted by molar-refractivity contribution is 5.78. The third-order valence-electron chi connectivity index (χ3n) is 3.46. The molecule has 1 N–H and O–H groups in total. The average Bonchev–Trinajstić information content (AvgIpc) is 2.25. The molecule has 1 aliphatic carbocycles. The number of rotatable bonds is 0. The minimum absolute atomic E-state index is 0.254. The van der Waals surface area contributed by atoms with Gasteiger partial charge in [-0.2, -0.15) is 0 Å². The molecule has 0 amide bonds. The first-order valence-electron chi connectivity index (χ1n) is 6.99. The minimum Gasteiger partial charge on any atom is -0.393 e. The van der Waals surface area contributed by atoms with Crippen molar-refractivity contribution in [1.82, 2.24) is 0 Å². The van der Waals surface area contributed by atoms with Crippen LogP contribution in [0, 0.1) is 0 Å². The lowest BCUT2D eigenvalue weighted by Gasteiger charge is -2.10. The number of hydrogen-bond acceptors (Lipinski definition) is 2. The normalized spacial score (nSPS) is 27.3. The van der Waals surface area contributed by atoms with Crippen LogP contribution in [0.1, 0.15) is 77.0 Å². The molecule has 0 aromatic heterocycles. The number of aliphatic hydroxyl groups is 1. The molecule has 1 rings (SSSR count). The van der Waals surface area contributed by atoms with Crippen LogP contribution >= 0.6 is 0 Å². The van der Waals surface area contributed by atoms with Gasteiger partial charge in [0.05, 0.1) is 6.10 Å². The molecule has 0 aromatic rings. The van der Waals surface area contributed by atoms with Crippen LogP contribution < -0.4 is 0 Å². The lowest BCUT2D eigenvalue weighted by atomic mass is 9.99. The zero-order valence-electron chi connectivity index (χ0n) is 10.4. The summed E-state index contributed by atoms with van der Waals surface area (Å²) in [7, 11) is 0. The van der Waals surface area contributed by atoms with Crippen molar-refractivity contribution in [3.05, 3.63) is 0 Å². The molecule has 0 bridgehead atoms. The van der Waals surface area contributed by atoms with Crippen molar-refractivity contribution in [2.75, 3.05) is 0 Å². The Balaban J connectivity index is 2.23. The second-order valence-electron chi connectivity index (χ2n) is 5.12. The van der Waals surface area contributed by atoms with Crippen molar-refractivity contribution >= 4 is 5.78 Å². The highest BCUT2D eigenvalue weighted by Gasteiger charge is 2.10. The highest BCUT2D eigenvalue weighted by Crippen LogP contribution is 2.15. The van der Waals surface area contributed by atoms with Crippen LogP contribution in [-0.4, -0.2) is 17.0 Å². The Morgan fingerprint density at radius 1 is 0.812 bits per heavy atom. The third kappa shape index (κ3) is 7.00. The molecule has 1 saturated carbocycles. The van der Waals surface area contributed by atoms with Crippen LogP contribution in [0.2, 0.25) is 0 Å². The van der Waals surface area contributed by atoms with Gasteiger partial charge in [0.1, 0.15) is 5.78 Å². The van der Waals surface area contributed by atoms with E-state index in [0.717, 1.165) is 19.3 Å². The number of hydrogen-bond donors (Lipinski definition) is 1. The molecular weight excluding hydrogens is 200 g/mol. The predicted octanol–water partition coefficient (Wildman–Crippen LogP) is 3.61. The molecule has 0 heterocycles. The third-order valence-corrected chi connectivity index (χ3v) is 3.46. The fraction of sp³-hybridized carbons (Fsp3) is 0.929. The lowest BCUT2D eigenvalue weighted by Crippen LogP contribution is -2.13. The topological polar surface area (TPSA) is 37.3 Å². The zero-order chi connectivity index (χ0) is 11.6. The van der Waals surface area contributed by atoms with Gasteiger partial charge >= 0.3 is 0 Å². The maximum atomic E-state index is 11.5. The van der Waals surface area contributed by atoms with Crippen molar-refractivity contribution < 1.29 is 9.90 Å². The Kier molecular flexibility index (Phi) is 7.48. The lowest BCUT2D eigenvalue weighted by molar-refractivity contribution is -0.121. The second kappa shape index (κ2) is 8.74. The van der Waals surface area contributed by atoms with E-state index in [-0.39, 0.29) is 11.9 Å². The van der Waals surface area contributed by atoms with E-state index in [2.05, 4.69) is 0 Å². The Morgan fingerprint density at radius 2 is 1.31 bits per heavy atom. The van der Waals surface area contributed by atoms with Gasteiger partial charge in [0.2, 0.25) is 0 Å². The smallest absolute Gasteiger partial charge is 0.135 e. The largest absolute Gasteiger partial charge is 0.393 e. The summed E-state index contributed by atoms with van der Waals surface area (Å²) < 4.78 is 0. The molecule has 0 saturated heterocycles. The molecule has 0 aliphatic heterocycles. The SMILES string of the molecule is O=C1CCCCCCCCCCCC(O)C1. The van der Waals surface area contributed by atoms with Crippen molar-refractivity contribution in [2.45, 2.75) is 83.2 Å². The van der Waals surface area contributed by atoms with E-state index in [1.165, 1.54) is 44.9 Å². The van der Waals surface area contributed by atoms with Gasteiger partial charge in [0.25, 0.3) is 0 Å². The second-order valence-corrected chi connectivity index (χ2v) is 5.12. The minimum atomic E-state index is -0.379. The van der Waals surface area contributed by atoms with Crippen LogP contribution in [0.25, 0.3) is 0 Å². The monoisotopic (exact) mass is 226 g/mol. The van der Waals surface area contributed by atoms with Gasteiger partial charge in [-0.1, -0.05) is 51.4 Å². The molecule has 1 fully saturated rings.